The van der Waals surface area contributed by atoms with Crippen molar-refractivity contribution in [3.63, 3.8) is 0 Å². The molecule has 1 heterocycles. The van der Waals surface area contributed by atoms with Crippen molar-refractivity contribution >= 4 is 17.6 Å². The molecule has 0 aromatic heterocycles. The third kappa shape index (κ3) is 3.21. The average molecular weight is 585 g/mol. The minimum absolute atomic E-state index is 0.0432. The Morgan fingerprint density at radius 1 is 1.07 bits per heavy atom. The average Bonchev–Trinajstić information content (AvgIpc) is 3.39. The van der Waals surface area contributed by atoms with E-state index in [9.17, 15) is 19.8 Å². The summed E-state index contributed by atoms with van der Waals surface area (Å²) in [5, 5.41) is 28.4. The zero-order valence-electron chi connectivity index (χ0n) is 25.2. The van der Waals surface area contributed by atoms with Crippen molar-refractivity contribution in [1.82, 2.24) is 4.90 Å². The summed E-state index contributed by atoms with van der Waals surface area (Å²) in [6.45, 7) is 4.79. The molecule has 7 rings (SSSR count). The Morgan fingerprint density at radius 3 is 2.50 bits per heavy atom. The summed E-state index contributed by atoms with van der Waals surface area (Å²) in [5.74, 6) is -1.54. The van der Waals surface area contributed by atoms with Crippen LogP contribution in [0.3, 0.4) is 0 Å². The highest BCUT2D eigenvalue weighted by Gasteiger charge is 2.89. The van der Waals surface area contributed by atoms with Gasteiger partial charge in [0.25, 0.3) is 0 Å². The molecule has 1 amide bonds. The Hall–Kier alpha value is -2.08. The van der Waals surface area contributed by atoms with E-state index in [1.54, 1.807) is 45.6 Å². The molecule has 5 saturated carbocycles. The molecule has 12 atom stereocenters. The first-order valence-electron chi connectivity index (χ1n) is 15.4. The Morgan fingerprint density at radius 2 is 1.83 bits per heavy atom. The van der Waals surface area contributed by atoms with Crippen LogP contribution in [0.5, 0.6) is 0 Å². The van der Waals surface area contributed by atoms with Crippen LogP contribution in [0.1, 0.15) is 56.3 Å². The first-order valence-corrected chi connectivity index (χ1v) is 15.4. The van der Waals surface area contributed by atoms with Crippen molar-refractivity contribution in [3.8, 4) is 0 Å². The molecule has 10 nitrogen and oxygen atoms in total. The molecular weight excluding hydrogens is 540 g/mol. The lowest BCUT2D eigenvalue weighted by Gasteiger charge is -2.70. The molecule has 1 saturated heterocycles. The molecular formula is C32H44N2O8. The number of ether oxygens (including phenoxy) is 4. The number of carbonyl (C=O) groups is 2. The van der Waals surface area contributed by atoms with Crippen LogP contribution >= 0.6 is 0 Å². The van der Waals surface area contributed by atoms with Crippen molar-refractivity contribution < 1.29 is 38.7 Å². The number of likely N-dealkylation sites (tertiary alicyclic amines) is 1. The maximum absolute atomic E-state index is 14.0. The van der Waals surface area contributed by atoms with Gasteiger partial charge in [-0.05, 0) is 44.4 Å². The Balaban J connectivity index is 1.38. The second-order valence-corrected chi connectivity index (χ2v) is 13.7. The molecule has 6 fully saturated rings. The molecule has 6 aliphatic rings. The van der Waals surface area contributed by atoms with Crippen molar-refractivity contribution in [1.29, 1.82) is 0 Å². The number of para-hydroxylation sites is 1. The largest absolute Gasteiger partial charge is 0.454 e. The van der Waals surface area contributed by atoms with Gasteiger partial charge in [0.2, 0.25) is 5.91 Å². The summed E-state index contributed by atoms with van der Waals surface area (Å²) in [6.07, 6.45) is 1.91. The number of likely N-dealkylation sites (N-methyl/N-ethyl adjacent to an activating group) is 1. The topological polar surface area (TPSA) is 127 Å². The molecule has 0 radical (unpaired) electrons. The third-order valence-electron chi connectivity index (χ3n) is 12.6. The Bertz CT molecular complexity index is 1290. The number of methoxy groups -OCH3 is 3. The fourth-order valence-electron chi connectivity index (χ4n) is 11.6. The zero-order chi connectivity index (χ0) is 29.8. The van der Waals surface area contributed by atoms with E-state index in [-0.39, 0.29) is 47.8 Å². The number of amides is 1. The maximum atomic E-state index is 14.0. The molecule has 1 spiro atoms. The lowest BCUT2D eigenvalue weighted by molar-refractivity contribution is -0.337. The lowest BCUT2D eigenvalue weighted by Crippen LogP contribution is -2.83. The molecule has 5 aliphatic carbocycles. The number of nitrogens with one attached hydrogen (secondary N) is 1. The highest BCUT2D eigenvalue weighted by atomic mass is 16.6. The zero-order valence-corrected chi connectivity index (χ0v) is 25.2. The molecule has 1 aliphatic heterocycles. The van der Waals surface area contributed by atoms with Gasteiger partial charge in [0.05, 0.1) is 29.6 Å². The van der Waals surface area contributed by atoms with E-state index in [1.165, 1.54) is 6.92 Å². The number of aliphatic hydroxyl groups is 2. The summed E-state index contributed by atoms with van der Waals surface area (Å²) >= 11 is 0. The van der Waals surface area contributed by atoms with Gasteiger partial charge in [-0.25, -0.2) is 4.79 Å². The summed E-state index contributed by atoms with van der Waals surface area (Å²) in [6, 6.07) is 6.89. The molecule has 3 N–H and O–H groups in total. The molecule has 1 aromatic rings. The van der Waals surface area contributed by atoms with E-state index in [0.29, 0.717) is 56.4 Å². The SMILES string of the molecule is CCN1C[C@]2(OC(=O)c3ccccc3NC(C)=O)CC[C@H](OC)[C@@]34[C@@H]2C[C@@H]([C@@H]13)[C@@]1(O)C[C@H](OC)[C@H]2C[C@@H]4[C@]1(O)[C@@H]2OC. The Kier molecular flexibility index (Phi) is 6.46. The maximum Gasteiger partial charge on any atom is 0.340 e. The number of hydrogen-bond acceptors (Lipinski definition) is 9. The highest BCUT2D eigenvalue weighted by Crippen LogP contribution is 2.79. The quantitative estimate of drug-likeness (QED) is 0.414. The number of nitrogens with zero attached hydrogens (tertiary/aromatic N) is 1. The first kappa shape index (κ1) is 28.7. The smallest absolute Gasteiger partial charge is 0.340 e. The Labute approximate surface area is 247 Å². The number of esters is 1. The van der Waals surface area contributed by atoms with Gasteiger partial charge in [0, 0.05) is 76.3 Å². The van der Waals surface area contributed by atoms with Crippen molar-refractivity contribution in [2.24, 2.45) is 29.1 Å². The first-order chi connectivity index (χ1) is 20.1. The van der Waals surface area contributed by atoms with Gasteiger partial charge in [0.15, 0.2) is 0 Å². The van der Waals surface area contributed by atoms with Crippen LogP contribution in [-0.4, -0.2) is 103 Å². The lowest BCUT2D eigenvalue weighted by atomic mass is 9.44. The van der Waals surface area contributed by atoms with E-state index < -0.39 is 34.3 Å². The van der Waals surface area contributed by atoms with E-state index in [4.69, 9.17) is 18.9 Å². The predicted octanol–water partition coefficient (Wildman–Crippen LogP) is 2.22. The van der Waals surface area contributed by atoms with Crippen LogP contribution in [-0.2, 0) is 23.7 Å². The number of carbonyl (C=O) groups excluding carboxylic acids is 2. The number of rotatable bonds is 7. The molecule has 1 aromatic carbocycles. The van der Waals surface area contributed by atoms with Gasteiger partial charge in [-0.1, -0.05) is 19.1 Å². The van der Waals surface area contributed by atoms with E-state index in [1.807, 2.05) is 0 Å². The van der Waals surface area contributed by atoms with Gasteiger partial charge >= 0.3 is 5.97 Å². The van der Waals surface area contributed by atoms with Crippen LogP contribution in [0, 0.1) is 29.1 Å². The molecule has 7 bridgehead atoms. The molecule has 230 valence electrons. The van der Waals surface area contributed by atoms with Crippen molar-refractivity contribution in [2.75, 3.05) is 39.7 Å². The number of anilines is 1. The number of fused-ring (bicyclic) bond motifs is 2. The molecule has 0 unspecified atom stereocenters. The second kappa shape index (κ2) is 9.46. The van der Waals surface area contributed by atoms with Crippen LogP contribution in [0.2, 0.25) is 0 Å². The third-order valence-corrected chi connectivity index (χ3v) is 12.6. The van der Waals surface area contributed by atoms with E-state index in [2.05, 4.69) is 17.1 Å². The van der Waals surface area contributed by atoms with Gasteiger partial charge in [0.1, 0.15) is 16.8 Å². The molecule has 42 heavy (non-hydrogen) atoms. The van der Waals surface area contributed by atoms with Gasteiger partial charge in [-0.3, -0.25) is 9.69 Å². The van der Waals surface area contributed by atoms with Crippen LogP contribution in [0.4, 0.5) is 5.69 Å². The van der Waals surface area contributed by atoms with E-state index >= 15 is 0 Å². The minimum Gasteiger partial charge on any atom is -0.454 e. The summed E-state index contributed by atoms with van der Waals surface area (Å²) in [4.78, 5) is 28.3. The summed E-state index contributed by atoms with van der Waals surface area (Å²) in [5.41, 5.74) is -3.57. The number of benzene rings is 1. The normalized spacial score (nSPS) is 48.2. The van der Waals surface area contributed by atoms with Crippen LogP contribution in [0.25, 0.3) is 0 Å². The standard InChI is InChI=1S/C32H44N2O8/c1-6-34-16-29(42-28(36)18-9-7-8-10-21(18)33-17(2)35)12-11-25(40-4)31-23(29)14-20(26(31)34)30(37)15-22(39-3)19-13-24(31)32(30,38)27(19)41-5/h7-10,19-20,22-27,37-38H,6,11-16H2,1-5H3,(H,33,35)/t19-,20+,22+,23-,24+,25+,26-,27-,29-,30+,31+,32+/m1/s1. The molecule has 10 heteroatoms. The fourth-order valence-corrected chi connectivity index (χ4v) is 11.6. The number of hydrogen-bond donors (Lipinski definition) is 3. The van der Waals surface area contributed by atoms with Gasteiger partial charge in [-0.2, -0.15) is 0 Å². The van der Waals surface area contributed by atoms with Crippen molar-refractivity contribution in [2.45, 2.75) is 87.1 Å². The van der Waals surface area contributed by atoms with Crippen LogP contribution < -0.4 is 5.32 Å². The van der Waals surface area contributed by atoms with Gasteiger partial charge in [-0.15, -0.1) is 0 Å². The summed E-state index contributed by atoms with van der Waals surface area (Å²) in [7, 11) is 5.05. The van der Waals surface area contributed by atoms with Crippen LogP contribution in [0.15, 0.2) is 24.3 Å². The minimum atomic E-state index is -1.48. The summed E-state index contributed by atoms with van der Waals surface area (Å²) < 4.78 is 25.1. The van der Waals surface area contributed by atoms with E-state index in [0.717, 1.165) is 0 Å². The monoisotopic (exact) mass is 584 g/mol. The van der Waals surface area contributed by atoms with Crippen molar-refractivity contribution in [3.05, 3.63) is 29.8 Å². The fraction of sp³-hybridized carbons (Fsp3) is 0.750. The van der Waals surface area contributed by atoms with Gasteiger partial charge < -0.3 is 34.5 Å². The number of piperidine rings is 1. The highest BCUT2D eigenvalue weighted by molar-refractivity contribution is 6.00. The second-order valence-electron chi connectivity index (χ2n) is 13.7. The predicted molar refractivity (Wildman–Crippen MR) is 152 cm³/mol.